The number of carboxylic acid groups (broad SMARTS) is 1. The number of carbonyl (C=O) groups is 2. The number of hydrogen-bond donors (Lipinski definition) is 1. The highest BCUT2D eigenvalue weighted by molar-refractivity contribution is 7.89. The van der Waals surface area contributed by atoms with E-state index in [4.69, 9.17) is 9.84 Å². The van der Waals surface area contributed by atoms with Gasteiger partial charge in [-0.1, -0.05) is 18.2 Å². The zero-order valence-electron chi connectivity index (χ0n) is 14.8. The van der Waals surface area contributed by atoms with Gasteiger partial charge in [0.15, 0.2) is 12.4 Å². The Morgan fingerprint density at radius 2 is 1.63 bits per heavy atom. The maximum atomic E-state index is 12.2. The van der Waals surface area contributed by atoms with E-state index in [-0.39, 0.29) is 10.7 Å². The summed E-state index contributed by atoms with van der Waals surface area (Å²) in [6.07, 6.45) is 2.98. The normalized spacial score (nSPS) is 11.7. The van der Waals surface area contributed by atoms with Gasteiger partial charge in [-0.2, -0.15) is 0 Å². The SMILES string of the molecule is CN(C)S(=O)(=O)c1ccc(C(=O)/C=C/c2ccc(OCC(=O)O)cc2)cc1. The Hall–Kier alpha value is -2.97. The molecule has 8 heteroatoms. The number of aliphatic carboxylic acids is 1. The molecule has 0 spiro atoms. The van der Waals surface area contributed by atoms with Gasteiger partial charge in [-0.25, -0.2) is 17.5 Å². The van der Waals surface area contributed by atoms with E-state index in [1.165, 1.54) is 44.4 Å². The highest BCUT2D eigenvalue weighted by Gasteiger charge is 2.17. The molecule has 7 nitrogen and oxygen atoms in total. The lowest BCUT2D eigenvalue weighted by atomic mass is 10.1. The van der Waals surface area contributed by atoms with Crippen LogP contribution in [-0.4, -0.2) is 50.3 Å². The molecule has 0 aliphatic heterocycles. The van der Waals surface area contributed by atoms with Gasteiger partial charge in [0.2, 0.25) is 10.0 Å². The molecule has 2 aromatic rings. The number of rotatable bonds is 8. The van der Waals surface area contributed by atoms with Crippen LogP contribution in [-0.2, 0) is 14.8 Å². The minimum absolute atomic E-state index is 0.116. The van der Waals surface area contributed by atoms with E-state index in [9.17, 15) is 18.0 Å². The second-order valence-corrected chi connectivity index (χ2v) is 7.91. The number of carbonyl (C=O) groups excluding carboxylic acids is 1. The number of ketones is 1. The third kappa shape index (κ3) is 5.50. The molecule has 0 aliphatic carbocycles. The van der Waals surface area contributed by atoms with Gasteiger partial charge in [0, 0.05) is 19.7 Å². The molecule has 27 heavy (non-hydrogen) atoms. The Morgan fingerprint density at radius 1 is 1.04 bits per heavy atom. The number of ether oxygens (including phenoxy) is 1. The molecular formula is C19H19NO6S. The van der Waals surface area contributed by atoms with Gasteiger partial charge in [-0.15, -0.1) is 0 Å². The van der Waals surface area contributed by atoms with Gasteiger partial charge in [-0.3, -0.25) is 4.79 Å². The molecule has 0 aliphatic rings. The Balaban J connectivity index is 2.05. The summed E-state index contributed by atoms with van der Waals surface area (Å²) in [4.78, 5) is 22.8. The highest BCUT2D eigenvalue weighted by Crippen LogP contribution is 2.16. The largest absolute Gasteiger partial charge is 0.482 e. The lowest BCUT2D eigenvalue weighted by Crippen LogP contribution is -2.22. The van der Waals surface area contributed by atoms with Crippen molar-refractivity contribution < 1.29 is 27.9 Å². The third-order valence-corrected chi connectivity index (χ3v) is 5.42. The van der Waals surface area contributed by atoms with Crippen molar-refractivity contribution in [2.75, 3.05) is 20.7 Å². The Morgan fingerprint density at radius 3 is 2.15 bits per heavy atom. The first-order chi connectivity index (χ1) is 12.7. The van der Waals surface area contributed by atoms with Crippen molar-refractivity contribution >= 4 is 27.9 Å². The van der Waals surface area contributed by atoms with Gasteiger partial charge in [0.05, 0.1) is 4.90 Å². The number of allylic oxidation sites excluding steroid dienone is 1. The molecule has 0 bridgehead atoms. The molecule has 0 amide bonds. The van der Waals surface area contributed by atoms with Crippen LogP contribution in [0.2, 0.25) is 0 Å². The third-order valence-electron chi connectivity index (χ3n) is 3.59. The summed E-state index contributed by atoms with van der Waals surface area (Å²) in [6, 6.07) is 12.3. The monoisotopic (exact) mass is 389 g/mol. The quantitative estimate of drug-likeness (QED) is 0.549. The molecule has 2 rings (SSSR count). The van der Waals surface area contributed by atoms with Gasteiger partial charge < -0.3 is 9.84 Å². The van der Waals surface area contributed by atoms with Crippen LogP contribution in [0.25, 0.3) is 6.08 Å². The first kappa shape index (κ1) is 20.3. The molecule has 0 heterocycles. The molecule has 0 atom stereocenters. The van der Waals surface area contributed by atoms with E-state index in [0.717, 1.165) is 9.87 Å². The Labute approximate surface area is 157 Å². The van der Waals surface area contributed by atoms with Gasteiger partial charge in [-0.05, 0) is 48.0 Å². The van der Waals surface area contributed by atoms with Crippen LogP contribution < -0.4 is 4.74 Å². The summed E-state index contributed by atoms with van der Waals surface area (Å²) in [5.41, 5.74) is 1.10. The predicted molar refractivity (Wildman–Crippen MR) is 100 cm³/mol. The fourth-order valence-corrected chi connectivity index (χ4v) is 2.99. The first-order valence-corrected chi connectivity index (χ1v) is 9.34. The van der Waals surface area contributed by atoms with Crippen LogP contribution in [0.5, 0.6) is 5.75 Å². The van der Waals surface area contributed by atoms with Crippen molar-refractivity contribution in [2.24, 2.45) is 0 Å². The smallest absolute Gasteiger partial charge is 0.341 e. The van der Waals surface area contributed by atoms with Crippen molar-refractivity contribution in [3.05, 3.63) is 65.7 Å². The van der Waals surface area contributed by atoms with Crippen molar-refractivity contribution in [3.63, 3.8) is 0 Å². The van der Waals surface area contributed by atoms with Crippen molar-refractivity contribution in [2.45, 2.75) is 4.90 Å². The van der Waals surface area contributed by atoms with Crippen molar-refractivity contribution in [3.8, 4) is 5.75 Å². The number of carboxylic acids is 1. The van der Waals surface area contributed by atoms with Crippen molar-refractivity contribution in [1.82, 2.24) is 4.31 Å². The Bertz CT molecular complexity index is 945. The lowest BCUT2D eigenvalue weighted by molar-refractivity contribution is -0.139. The molecule has 2 aromatic carbocycles. The molecule has 0 radical (unpaired) electrons. The zero-order valence-corrected chi connectivity index (χ0v) is 15.6. The second kappa shape index (κ2) is 8.61. The summed E-state index contributed by atoms with van der Waals surface area (Å²) >= 11 is 0. The lowest BCUT2D eigenvalue weighted by Gasteiger charge is -2.11. The average Bonchev–Trinajstić information content (AvgIpc) is 2.65. The van der Waals surface area contributed by atoms with Crippen LogP contribution >= 0.6 is 0 Å². The van der Waals surface area contributed by atoms with Crippen LogP contribution in [0.1, 0.15) is 15.9 Å². The van der Waals surface area contributed by atoms with E-state index >= 15 is 0 Å². The predicted octanol–water partition coefficient (Wildman–Crippen LogP) is 2.30. The first-order valence-electron chi connectivity index (χ1n) is 7.90. The van der Waals surface area contributed by atoms with Crippen LogP contribution in [0, 0.1) is 0 Å². The highest BCUT2D eigenvalue weighted by atomic mass is 32.2. The molecule has 1 N–H and O–H groups in total. The van der Waals surface area contributed by atoms with Crippen molar-refractivity contribution in [1.29, 1.82) is 0 Å². The zero-order chi connectivity index (χ0) is 20.0. The van der Waals surface area contributed by atoms with E-state index in [1.54, 1.807) is 30.3 Å². The van der Waals surface area contributed by atoms with Crippen LogP contribution in [0.4, 0.5) is 0 Å². The topological polar surface area (TPSA) is 101 Å². The fourth-order valence-electron chi connectivity index (χ4n) is 2.09. The molecular weight excluding hydrogens is 370 g/mol. The molecule has 0 saturated carbocycles. The molecule has 0 saturated heterocycles. The minimum Gasteiger partial charge on any atom is -0.482 e. The standard InChI is InChI=1S/C19H19NO6S/c1-20(2)27(24,25)17-10-6-15(7-11-17)18(21)12-5-14-3-8-16(9-4-14)26-13-19(22)23/h3-12H,13H2,1-2H3,(H,22,23)/b12-5+. The maximum Gasteiger partial charge on any atom is 0.341 e. The van der Waals surface area contributed by atoms with E-state index < -0.39 is 22.6 Å². The summed E-state index contributed by atoms with van der Waals surface area (Å²) in [5, 5.41) is 8.56. The van der Waals surface area contributed by atoms with E-state index in [1.807, 2.05) is 0 Å². The summed E-state index contributed by atoms with van der Waals surface area (Å²) in [7, 11) is -0.654. The van der Waals surface area contributed by atoms with Gasteiger partial charge in [0.1, 0.15) is 5.75 Å². The number of hydrogen-bond acceptors (Lipinski definition) is 5. The van der Waals surface area contributed by atoms with Crippen LogP contribution in [0.3, 0.4) is 0 Å². The van der Waals surface area contributed by atoms with E-state index in [0.29, 0.717) is 11.3 Å². The number of benzene rings is 2. The van der Waals surface area contributed by atoms with Gasteiger partial charge in [0.25, 0.3) is 0 Å². The van der Waals surface area contributed by atoms with Crippen LogP contribution in [0.15, 0.2) is 59.5 Å². The fraction of sp³-hybridized carbons (Fsp3) is 0.158. The molecule has 142 valence electrons. The minimum atomic E-state index is -3.53. The molecule has 0 fully saturated rings. The second-order valence-electron chi connectivity index (χ2n) is 5.76. The van der Waals surface area contributed by atoms with Gasteiger partial charge >= 0.3 is 5.97 Å². The molecule has 0 aromatic heterocycles. The summed E-state index contributed by atoms with van der Waals surface area (Å²) < 4.78 is 30.2. The maximum absolute atomic E-state index is 12.2. The number of nitrogens with zero attached hydrogens (tertiary/aromatic N) is 1. The summed E-state index contributed by atoms with van der Waals surface area (Å²) in [5.74, 6) is -0.914. The average molecular weight is 389 g/mol. The Kier molecular flexibility index (Phi) is 6.49. The summed E-state index contributed by atoms with van der Waals surface area (Å²) in [6.45, 7) is -0.423. The number of sulfonamides is 1. The van der Waals surface area contributed by atoms with E-state index in [2.05, 4.69) is 0 Å². The molecule has 0 unspecified atom stereocenters.